The first kappa shape index (κ1) is 16.8. The zero-order chi connectivity index (χ0) is 15.7. The number of ether oxygens (including phenoxy) is 2. The van der Waals surface area contributed by atoms with Crippen molar-refractivity contribution in [2.45, 2.75) is 64.7 Å². The van der Waals surface area contributed by atoms with Gasteiger partial charge in [0, 0.05) is 5.92 Å². The zero-order valence-electron chi connectivity index (χ0n) is 14.2. The van der Waals surface area contributed by atoms with E-state index in [2.05, 4.69) is 51.4 Å². The standard InChI is InChI=1S/C17H29NO2S/c1-7-9-18-14(15-13(19-6)8-10-21-15)12-11-16(2,3)20-17(12,4)5/h8,10,12,14,18H,7,9,11H2,1-6H3. The second kappa shape index (κ2) is 6.27. The molecule has 2 heterocycles. The molecule has 1 aromatic rings. The molecule has 1 aliphatic heterocycles. The van der Waals surface area contributed by atoms with Crippen LogP contribution in [-0.2, 0) is 4.74 Å². The van der Waals surface area contributed by atoms with Gasteiger partial charge in [0.2, 0.25) is 0 Å². The lowest BCUT2D eigenvalue weighted by atomic mass is 9.81. The van der Waals surface area contributed by atoms with Crippen molar-refractivity contribution in [1.82, 2.24) is 5.32 Å². The Morgan fingerprint density at radius 2 is 2.14 bits per heavy atom. The molecule has 0 saturated carbocycles. The van der Waals surface area contributed by atoms with E-state index in [1.807, 2.05) is 0 Å². The maximum Gasteiger partial charge on any atom is 0.134 e. The summed E-state index contributed by atoms with van der Waals surface area (Å²) in [6.07, 6.45) is 2.18. The Hall–Kier alpha value is -0.580. The fourth-order valence-corrected chi connectivity index (χ4v) is 4.55. The van der Waals surface area contributed by atoms with Crippen molar-refractivity contribution in [2.24, 2.45) is 5.92 Å². The van der Waals surface area contributed by atoms with Crippen molar-refractivity contribution in [3.63, 3.8) is 0 Å². The van der Waals surface area contributed by atoms with Crippen molar-refractivity contribution >= 4 is 11.3 Å². The lowest BCUT2D eigenvalue weighted by molar-refractivity contribution is -0.0777. The molecule has 0 spiro atoms. The van der Waals surface area contributed by atoms with Crippen LogP contribution in [0.25, 0.3) is 0 Å². The minimum absolute atomic E-state index is 0.0647. The summed E-state index contributed by atoms with van der Waals surface area (Å²) < 4.78 is 11.9. The molecule has 3 nitrogen and oxygen atoms in total. The summed E-state index contributed by atoms with van der Waals surface area (Å²) >= 11 is 1.78. The molecule has 1 fully saturated rings. The van der Waals surface area contributed by atoms with Gasteiger partial charge in [0.1, 0.15) is 5.75 Å². The van der Waals surface area contributed by atoms with Gasteiger partial charge in [-0.05, 0) is 58.5 Å². The molecule has 1 aliphatic rings. The lowest BCUT2D eigenvalue weighted by Crippen LogP contribution is -2.38. The highest BCUT2D eigenvalue weighted by atomic mass is 32.1. The van der Waals surface area contributed by atoms with E-state index in [0.29, 0.717) is 5.92 Å². The third-order valence-electron chi connectivity index (χ3n) is 4.32. The van der Waals surface area contributed by atoms with E-state index in [0.717, 1.165) is 25.1 Å². The predicted molar refractivity (Wildman–Crippen MR) is 89.3 cm³/mol. The molecule has 1 aromatic heterocycles. The lowest BCUT2D eigenvalue weighted by Gasteiger charge is -2.33. The van der Waals surface area contributed by atoms with Crippen LogP contribution in [0.1, 0.15) is 58.4 Å². The van der Waals surface area contributed by atoms with Gasteiger partial charge in [0.05, 0.1) is 29.2 Å². The van der Waals surface area contributed by atoms with E-state index >= 15 is 0 Å². The maximum atomic E-state index is 6.31. The van der Waals surface area contributed by atoms with Crippen LogP contribution in [0.3, 0.4) is 0 Å². The average Bonchev–Trinajstić information content (AvgIpc) is 2.92. The van der Waals surface area contributed by atoms with Gasteiger partial charge in [0.15, 0.2) is 0 Å². The van der Waals surface area contributed by atoms with Gasteiger partial charge in [-0.15, -0.1) is 11.3 Å². The van der Waals surface area contributed by atoms with Crippen molar-refractivity contribution in [1.29, 1.82) is 0 Å². The Kier molecular flexibility index (Phi) is 5.01. The fraction of sp³-hybridized carbons (Fsp3) is 0.765. The highest BCUT2D eigenvalue weighted by Crippen LogP contribution is 2.49. The molecule has 0 amide bonds. The Morgan fingerprint density at radius 3 is 2.67 bits per heavy atom. The van der Waals surface area contributed by atoms with Crippen molar-refractivity contribution < 1.29 is 9.47 Å². The first-order valence-corrected chi connectivity index (χ1v) is 8.73. The van der Waals surface area contributed by atoms with Crippen LogP contribution in [0.4, 0.5) is 0 Å². The van der Waals surface area contributed by atoms with Gasteiger partial charge in [-0.1, -0.05) is 6.92 Å². The van der Waals surface area contributed by atoms with Gasteiger partial charge < -0.3 is 14.8 Å². The highest BCUT2D eigenvalue weighted by Gasteiger charge is 2.49. The van der Waals surface area contributed by atoms with Crippen LogP contribution in [-0.4, -0.2) is 24.9 Å². The molecule has 120 valence electrons. The summed E-state index contributed by atoms with van der Waals surface area (Å²) in [6.45, 7) is 12.0. The Labute approximate surface area is 133 Å². The molecule has 2 rings (SSSR count). The summed E-state index contributed by atoms with van der Waals surface area (Å²) in [5, 5.41) is 5.85. The molecular formula is C17H29NO2S. The van der Waals surface area contributed by atoms with Crippen molar-refractivity contribution in [2.75, 3.05) is 13.7 Å². The topological polar surface area (TPSA) is 30.5 Å². The van der Waals surface area contributed by atoms with Crippen LogP contribution in [0.2, 0.25) is 0 Å². The molecule has 1 N–H and O–H groups in total. The monoisotopic (exact) mass is 311 g/mol. The summed E-state index contributed by atoms with van der Waals surface area (Å²) in [7, 11) is 1.75. The number of hydrogen-bond donors (Lipinski definition) is 1. The number of rotatable bonds is 6. The molecule has 1 saturated heterocycles. The normalized spacial score (nSPS) is 25.0. The fourth-order valence-electron chi connectivity index (χ4n) is 3.55. The maximum absolute atomic E-state index is 6.31. The van der Waals surface area contributed by atoms with Crippen molar-refractivity contribution in [3.05, 3.63) is 16.3 Å². The van der Waals surface area contributed by atoms with Crippen LogP contribution in [0.5, 0.6) is 5.75 Å². The summed E-state index contributed by atoms with van der Waals surface area (Å²) in [4.78, 5) is 1.30. The van der Waals surface area contributed by atoms with Crippen LogP contribution < -0.4 is 10.1 Å². The van der Waals surface area contributed by atoms with Crippen LogP contribution in [0.15, 0.2) is 11.4 Å². The van der Waals surface area contributed by atoms with E-state index in [1.54, 1.807) is 18.4 Å². The van der Waals surface area contributed by atoms with E-state index in [-0.39, 0.29) is 17.2 Å². The molecule has 2 atom stereocenters. The van der Waals surface area contributed by atoms with Crippen molar-refractivity contribution in [3.8, 4) is 5.75 Å². The molecule has 0 bridgehead atoms. The molecule has 0 radical (unpaired) electrons. The smallest absolute Gasteiger partial charge is 0.134 e. The van der Waals surface area contributed by atoms with Gasteiger partial charge in [0.25, 0.3) is 0 Å². The first-order valence-electron chi connectivity index (χ1n) is 7.85. The molecule has 0 aliphatic carbocycles. The summed E-state index contributed by atoms with van der Waals surface area (Å²) in [5.74, 6) is 1.43. The Morgan fingerprint density at radius 1 is 1.43 bits per heavy atom. The number of thiophene rings is 1. The summed E-state index contributed by atoms with van der Waals surface area (Å²) in [5.41, 5.74) is -0.200. The zero-order valence-corrected chi connectivity index (χ0v) is 15.0. The third-order valence-corrected chi connectivity index (χ3v) is 5.30. The van der Waals surface area contributed by atoms with Gasteiger partial charge >= 0.3 is 0 Å². The van der Waals surface area contributed by atoms with E-state index in [1.165, 1.54) is 4.88 Å². The van der Waals surface area contributed by atoms with Crippen LogP contribution >= 0.6 is 11.3 Å². The summed E-state index contributed by atoms with van der Waals surface area (Å²) in [6, 6.07) is 2.35. The highest BCUT2D eigenvalue weighted by molar-refractivity contribution is 7.10. The van der Waals surface area contributed by atoms with E-state index < -0.39 is 0 Å². The number of hydrogen-bond acceptors (Lipinski definition) is 4. The average molecular weight is 311 g/mol. The first-order chi connectivity index (χ1) is 9.80. The quantitative estimate of drug-likeness (QED) is 0.845. The molecule has 0 aromatic carbocycles. The van der Waals surface area contributed by atoms with E-state index in [9.17, 15) is 0 Å². The van der Waals surface area contributed by atoms with Gasteiger partial charge in [-0.25, -0.2) is 0 Å². The predicted octanol–water partition coefficient (Wildman–Crippen LogP) is 4.39. The Bertz CT molecular complexity index is 467. The van der Waals surface area contributed by atoms with Gasteiger partial charge in [-0.2, -0.15) is 0 Å². The number of methoxy groups -OCH3 is 1. The van der Waals surface area contributed by atoms with Gasteiger partial charge in [-0.3, -0.25) is 0 Å². The second-order valence-electron chi connectivity index (χ2n) is 7.06. The molecule has 2 unspecified atom stereocenters. The van der Waals surface area contributed by atoms with Crippen LogP contribution in [0, 0.1) is 5.92 Å². The molecule has 21 heavy (non-hydrogen) atoms. The second-order valence-corrected chi connectivity index (χ2v) is 8.01. The largest absolute Gasteiger partial charge is 0.496 e. The third kappa shape index (κ3) is 3.61. The minimum Gasteiger partial charge on any atom is -0.496 e. The molecular weight excluding hydrogens is 282 g/mol. The molecule has 4 heteroatoms. The SMILES string of the molecule is CCCNC(c1sccc1OC)C1CC(C)(C)OC1(C)C. The Balaban J connectivity index is 2.32. The number of nitrogens with one attached hydrogen (secondary N) is 1. The van der Waals surface area contributed by atoms with E-state index in [4.69, 9.17) is 9.47 Å². The minimum atomic E-state index is -0.135.